The minimum absolute atomic E-state index is 0.277. The predicted molar refractivity (Wildman–Crippen MR) is 57.4 cm³/mol. The highest BCUT2D eigenvalue weighted by Crippen LogP contribution is 2.17. The first kappa shape index (κ1) is 11.0. The van der Waals surface area contributed by atoms with Gasteiger partial charge in [-0.05, 0) is 24.7 Å². The van der Waals surface area contributed by atoms with Crippen LogP contribution in [0.2, 0.25) is 0 Å². The van der Waals surface area contributed by atoms with Crippen molar-refractivity contribution < 1.29 is 4.39 Å². The van der Waals surface area contributed by atoms with Gasteiger partial charge in [0.25, 0.3) is 0 Å². The van der Waals surface area contributed by atoms with Crippen molar-refractivity contribution in [1.29, 1.82) is 0 Å². The Labute approximate surface area is 84.5 Å². The molecule has 0 aliphatic carbocycles. The number of benzene rings is 1. The Morgan fingerprint density at radius 2 is 1.93 bits per heavy atom. The number of hydrogen-bond donors (Lipinski definition) is 1. The maximum atomic E-state index is 13.1. The largest absolute Gasteiger partial charge is 0.396 e. The van der Waals surface area contributed by atoms with E-state index in [2.05, 4.69) is 18.7 Å². The zero-order valence-electron chi connectivity index (χ0n) is 8.76. The fourth-order valence-corrected chi connectivity index (χ4v) is 1.41. The van der Waals surface area contributed by atoms with Crippen molar-refractivity contribution in [2.45, 2.75) is 20.4 Å². The summed E-state index contributed by atoms with van der Waals surface area (Å²) in [5.41, 5.74) is 6.79. The fraction of sp³-hybridized carbons (Fsp3) is 0.455. The number of nitrogens with two attached hydrogens (primary N) is 1. The first-order chi connectivity index (χ1) is 6.69. The van der Waals surface area contributed by atoms with E-state index in [1.807, 2.05) is 6.07 Å². The van der Waals surface area contributed by atoms with Crippen LogP contribution >= 0.6 is 0 Å². The Morgan fingerprint density at radius 3 is 2.50 bits per heavy atom. The van der Waals surface area contributed by atoms with Crippen molar-refractivity contribution >= 4 is 5.69 Å². The van der Waals surface area contributed by atoms with Crippen LogP contribution in [-0.4, -0.2) is 18.0 Å². The molecule has 0 atom stereocenters. The SMILES string of the molecule is CCN(CC)Cc1cccc(F)c1N. The molecule has 0 aromatic heterocycles. The molecule has 0 unspecified atom stereocenters. The third-order valence-electron chi connectivity index (χ3n) is 2.43. The van der Waals surface area contributed by atoms with Crippen LogP contribution in [0, 0.1) is 5.82 Å². The van der Waals surface area contributed by atoms with Gasteiger partial charge in [-0.15, -0.1) is 0 Å². The quantitative estimate of drug-likeness (QED) is 0.748. The average Bonchev–Trinajstić information content (AvgIpc) is 2.20. The van der Waals surface area contributed by atoms with Crippen molar-refractivity contribution in [2.24, 2.45) is 0 Å². The molecule has 1 aromatic carbocycles. The zero-order valence-corrected chi connectivity index (χ0v) is 8.76. The van der Waals surface area contributed by atoms with Crippen LogP contribution in [0.4, 0.5) is 10.1 Å². The van der Waals surface area contributed by atoms with E-state index in [0.717, 1.165) is 25.2 Å². The minimum atomic E-state index is -0.324. The maximum absolute atomic E-state index is 13.1. The summed E-state index contributed by atoms with van der Waals surface area (Å²) in [5, 5.41) is 0. The summed E-state index contributed by atoms with van der Waals surface area (Å²) in [6.07, 6.45) is 0. The molecule has 2 N–H and O–H groups in total. The second-order valence-electron chi connectivity index (χ2n) is 3.27. The van der Waals surface area contributed by atoms with Gasteiger partial charge >= 0.3 is 0 Å². The van der Waals surface area contributed by atoms with E-state index in [-0.39, 0.29) is 11.5 Å². The molecule has 3 heteroatoms. The van der Waals surface area contributed by atoms with Crippen LogP contribution in [0.25, 0.3) is 0 Å². The van der Waals surface area contributed by atoms with Crippen LogP contribution < -0.4 is 5.73 Å². The van der Waals surface area contributed by atoms with E-state index >= 15 is 0 Å². The van der Waals surface area contributed by atoms with Gasteiger partial charge in [0.2, 0.25) is 0 Å². The summed E-state index contributed by atoms with van der Waals surface area (Å²) >= 11 is 0. The Hall–Kier alpha value is -1.09. The second-order valence-corrected chi connectivity index (χ2v) is 3.27. The van der Waals surface area contributed by atoms with Crippen LogP contribution in [0.1, 0.15) is 19.4 Å². The number of halogens is 1. The third kappa shape index (κ3) is 2.45. The molecular weight excluding hydrogens is 179 g/mol. The molecular formula is C11H17FN2. The van der Waals surface area contributed by atoms with Crippen LogP contribution in [0.15, 0.2) is 18.2 Å². The van der Waals surface area contributed by atoms with Gasteiger partial charge in [-0.3, -0.25) is 4.90 Å². The first-order valence-electron chi connectivity index (χ1n) is 4.94. The van der Waals surface area contributed by atoms with Crippen LogP contribution in [0.5, 0.6) is 0 Å². The van der Waals surface area contributed by atoms with Gasteiger partial charge in [-0.2, -0.15) is 0 Å². The Kier molecular flexibility index (Phi) is 3.89. The predicted octanol–water partition coefficient (Wildman–Crippen LogP) is 2.25. The van der Waals surface area contributed by atoms with Crippen molar-refractivity contribution in [2.75, 3.05) is 18.8 Å². The van der Waals surface area contributed by atoms with Gasteiger partial charge in [0, 0.05) is 6.54 Å². The van der Waals surface area contributed by atoms with Crippen molar-refractivity contribution in [3.05, 3.63) is 29.6 Å². The van der Waals surface area contributed by atoms with Crippen molar-refractivity contribution in [1.82, 2.24) is 4.90 Å². The summed E-state index contributed by atoms with van der Waals surface area (Å²) in [5.74, 6) is -0.324. The Morgan fingerprint density at radius 1 is 1.29 bits per heavy atom. The lowest BCUT2D eigenvalue weighted by molar-refractivity contribution is 0.296. The van der Waals surface area contributed by atoms with Gasteiger partial charge in [0.1, 0.15) is 5.82 Å². The molecule has 0 amide bonds. The lowest BCUT2D eigenvalue weighted by Gasteiger charge is -2.19. The first-order valence-corrected chi connectivity index (χ1v) is 4.94. The molecule has 0 aliphatic rings. The summed E-state index contributed by atoms with van der Waals surface area (Å²) in [6.45, 7) is 6.79. The molecule has 0 spiro atoms. The van der Waals surface area contributed by atoms with Gasteiger partial charge in [0.15, 0.2) is 0 Å². The number of rotatable bonds is 4. The molecule has 78 valence electrons. The lowest BCUT2D eigenvalue weighted by atomic mass is 10.1. The van der Waals surface area contributed by atoms with Crippen molar-refractivity contribution in [3.8, 4) is 0 Å². The number of nitrogen functional groups attached to an aromatic ring is 1. The molecule has 0 aliphatic heterocycles. The molecule has 2 nitrogen and oxygen atoms in total. The molecule has 0 heterocycles. The molecule has 0 saturated heterocycles. The third-order valence-corrected chi connectivity index (χ3v) is 2.43. The van der Waals surface area contributed by atoms with Crippen LogP contribution in [-0.2, 0) is 6.54 Å². The number of anilines is 1. The minimum Gasteiger partial charge on any atom is -0.396 e. The maximum Gasteiger partial charge on any atom is 0.146 e. The summed E-state index contributed by atoms with van der Waals surface area (Å²) < 4.78 is 13.1. The van der Waals surface area contributed by atoms with E-state index < -0.39 is 0 Å². The van der Waals surface area contributed by atoms with Gasteiger partial charge in [-0.25, -0.2) is 4.39 Å². The molecule has 1 aromatic rings. The summed E-state index contributed by atoms with van der Waals surface area (Å²) in [6, 6.07) is 4.96. The van der Waals surface area contributed by atoms with E-state index in [4.69, 9.17) is 5.73 Å². The van der Waals surface area contributed by atoms with Crippen molar-refractivity contribution in [3.63, 3.8) is 0 Å². The molecule has 0 fully saturated rings. The zero-order chi connectivity index (χ0) is 10.6. The van der Waals surface area contributed by atoms with Crippen LogP contribution in [0.3, 0.4) is 0 Å². The smallest absolute Gasteiger partial charge is 0.146 e. The molecule has 0 bridgehead atoms. The highest BCUT2D eigenvalue weighted by molar-refractivity contribution is 5.47. The molecule has 14 heavy (non-hydrogen) atoms. The van der Waals surface area contributed by atoms with E-state index in [1.165, 1.54) is 6.07 Å². The normalized spacial score (nSPS) is 10.9. The number of hydrogen-bond acceptors (Lipinski definition) is 2. The topological polar surface area (TPSA) is 29.3 Å². The number of nitrogens with zero attached hydrogens (tertiary/aromatic N) is 1. The van der Waals surface area contributed by atoms with E-state index in [1.54, 1.807) is 6.07 Å². The van der Waals surface area contributed by atoms with Gasteiger partial charge < -0.3 is 5.73 Å². The number of para-hydroxylation sites is 1. The summed E-state index contributed by atoms with van der Waals surface area (Å²) in [4.78, 5) is 2.20. The molecule has 1 rings (SSSR count). The van der Waals surface area contributed by atoms with Gasteiger partial charge in [-0.1, -0.05) is 26.0 Å². The molecule has 0 saturated carbocycles. The second kappa shape index (κ2) is 4.96. The highest BCUT2D eigenvalue weighted by atomic mass is 19.1. The average molecular weight is 196 g/mol. The summed E-state index contributed by atoms with van der Waals surface area (Å²) in [7, 11) is 0. The monoisotopic (exact) mass is 196 g/mol. The Balaban J connectivity index is 2.80. The standard InChI is InChI=1S/C11H17FN2/c1-3-14(4-2)8-9-6-5-7-10(12)11(9)13/h5-7H,3-4,8,13H2,1-2H3. The van der Waals surface area contributed by atoms with E-state index in [0.29, 0.717) is 0 Å². The highest BCUT2D eigenvalue weighted by Gasteiger charge is 2.07. The lowest BCUT2D eigenvalue weighted by Crippen LogP contribution is -2.22. The van der Waals surface area contributed by atoms with Gasteiger partial charge in [0.05, 0.1) is 5.69 Å². The molecule has 0 radical (unpaired) electrons. The Bertz CT molecular complexity index is 295. The fourth-order valence-electron chi connectivity index (χ4n) is 1.41. The van der Waals surface area contributed by atoms with E-state index in [9.17, 15) is 4.39 Å².